The summed E-state index contributed by atoms with van der Waals surface area (Å²) in [4.78, 5) is 60.9. The molecule has 0 atom stereocenters. The molecule has 0 unspecified atom stereocenters. The van der Waals surface area contributed by atoms with Crippen LogP contribution in [0.2, 0.25) is 0 Å². The molecular weight excluding hydrogens is 957 g/mol. The van der Waals surface area contributed by atoms with E-state index in [2.05, 4.69) is 80.5 Å². The van der Waals surface area contributed by atoms with E-state index < -0.39 is 5.91 Å². The second-order valence-electron chi connectivity index (χ2n) is 16.3. The molecule has 0 saturated carbocycles. The third kappa shape index (κ3) is 12.1. The number of fused-ring (bicyclic) bond motifs is 1. The van der Waals surface area contributed by atoms with E-state index in [-0.39, 0.29) is 30.0 Å². The van der Waals surface area contributed by atoms with Crippen molar-refractivity contribution in [3.63, 3.8) is 0 Å². The number of thiazole rings is 2. The van der Waals surface area contributed by atoms with Crippen molar-refractivity contribution < 1.29 is 14.4 Å². The van der Waals surface area contributed by atoms with Crippen LogP contribution in [0.4, 0.5) is 16.1 Å². The van der Waals surface area contributed by atoms with Crippen LogP contribution in [0.25, 0.3) is 22.4 Å². The molecule has 0 bridgehead atoms. The van der Waals surface area contributed by atoms with Gasteiger partial charge in [0.1, 0.15) is 10.6 Å². The maximum absolute atomic E-state index is 13.8. The van der Waals surface area contributed by atoms with Crippen LogP contribution in [0.5, 0.6) is 0 Å². The molecule has 3 aromatic carbocycles. The molecule has 2 aliphatic heterocycles. The molecule has 4 aromatic heterocycles. The van der Waals surface area contributed by atoms with Crippen LogP contribution in [0.15, 0.2) is 112 Å². The zero-order valence-electron chi connectivity index (χ0n) is 38.7. The summed E-state index contributed by atoms with van der Waals surface area (Å²) < 4.78 is 1.77. The number of carbonyl (C=O) groups is 3. The van der Waals surface area contributed by atoms with Gasteiger partial charge in [0.2, 0.25) is 16.2 Å². The smallest absolute Gasteiger partial charge is 0.303 e. The molecule has 6 heterocycles. The number of aromatic nitrogens is 7. The summed E-state index contributed by atoms with van der Waals surface area (Å²) in [5.41, 5.74) is 14.6. The van der Waals surface area contributed by atoms with Gasteiger partial charge in [-0.05, 0) is 50.0 Å². The highest BCUT2D eigenvalue weighted by Gasteiger charge is 2.36. The number of amides is 3. The topological polar surface area (TPSA) is 239 Å². The molecule has 2 aliphatic rings. The number of rotatable bonds is 19. The highest BCUT2D eigenvalue weighted by atomic mass is 32.2. The number of benzene rings is 3. The van der Waals surface area contributed by atoms with Crippen LogP contribution in [0, 0.1) is 17.8 Å². The van der Waals surface area contributed by atoms with E-state index in [0.717, 1.165) is 59.0 Å². The highest BCUT2D eigenvalue weighted by molar-refractivity contribution is 7.99. The van der Waals surface area contributed by atoms with Crippen molar-refractivity contribution in [1.82, 2.24) is 50.5 Å². The quantitative estimate of drug-likeness (QED) is 0.0289. The first-order valence-electron chi connectivity index (χ1n) is 23.2. The second-order valence-corrected chi connectivity index (χ2v) is 19.3. The molecule has 362 valence electrons. The monoisotopic (exact) mass is 1010 g/mol. The van der Waals surface area contributed by atoms with Gasteiger partial charge in [-0.15, -0.1) is 16.4 Å². The summed E-state index contributed by atoms with van der Waals surface area (Å²) in [5.74, 6) is 6.96. The number of nitrogens with zero attached hydrogens (tertiary/aromatic N) is 11. The van der Waals surface area contributed by atoms with Gasteiger partial charge in [0.25, 0.3) is 5.91 Å². The fourth-order valence-electron chi connectivity index (χ4n) is 7.69. The number of nitrogens with one attached hydrogen (secondary N) is 4. The zero-order valence-corrected chi connectivity index (χ0v) is 41.2. The second kappa shape index (κ2) is 23.5. The van der Waals surface area contributed by atoms with E-state index in [0.29, 0.717) is 94.1 Å². The molecule has 1 fully saturated rings. The van der Waals surface area contributed by atoms with Crippen LogP contribution in [0.1, 0.15) is 52.5 Å². The van der Waals surface area contributed by atoms with Gasteiger partial charge >= 0.3 is 5.91 Å². The standard InChI is InChI=1S/C49H50N16O3S3/c1-2-28-69-48-56-42(51-23-21-50)41-43(57-48)64(62-59-41)30-33-17-15-32(16-18-33)10-9-22-52-44(66)36-19-25-63(26-20-36)27-24-53-45(67)38-29-54-47(71-38)60-58-40-39(35-13-7-4-8-14-35)61-65(46(40)68)49-55-37(31-70-49)34-11-5-3-6-12-34/h3-8,11-18,29,31,36H,2,19-28,30,50H2,1H3,(H,52,66)(H,53,67)(H,54,60)(H,51,56,57)/b58-40+. The molecule has 19 nitrogen and oxygen atoms in total. The Labute approximate surface area is 421 Å². The minimum atomic E-state index is -0.442. The summed E-state index contributed by atoms with van der Waals surface area (Å²) in [6.07, 6.45) is 3.92. The van der Waals surface area contributed by atoms with Crippen molar-refractivity contribution in [3.8, 4) is 23.1 Å². The zero-order chi connectivity index (χ0) is 48.9. The Morgan fingerprint density at radius 3 is 2.48 bits per heavy atom. The third-order valence-corrected chi connectivity index (χ3v) is 14.1. The van der Waals surface area contributed by atoms with Crippen molar-refractivity contribution in [3.05, 3.63) is 118 Å². The Morgan fingerprint density at radius 2 is 1.72 bits per heavy atom. The first-order valence-corrected chi connectivity index (χ1v) is 25.8. The van der Waals surface area contributed by atoms with E-state index in [9.17, 15) is 14.4 Å². The van der Waals surface area contributed by atoms with Crippen molar-refractivity contribution >= 4 is 90.8 Å². The van der Waals surface area contributed by atoms with Gasteiger partial charge < -0.3 is 26.6 Å². The van der Waals surface area contributed by atoms with Gasteiger partial charge in [-0.2, -0.15) is 15.2 Å². The summed E-state index contributed by atoms with van der Waals surface area (Å²) >= 11 is 4.03. The van der Waals surface area contributed by atoms with Gasteiger partial charge in [-0.1, -0.05) is 120 Å². The Kier molecular flexibility index (Phi) is 16.1. The molecule has 71 heavy (non-hydrogen) atoms. The third-order valence-electron chi connectivity index (χ3n) is 11.4. The largest absolute Gasteiger partial charge is 0.367 e. The molecule has 0 radical (unpaired) electrons. The minimum absolute atomic E-state index is 0.000934. The van der Waals surface area contributed by atoms with Crippen molar-refractivity contribution in [1.29, 1.82) is 0 Å². The lowest BCUT2D eigenvalue weighted by Crippen LogP contribution is -2.43. The van der Waals surface area contributed by atoms with Crippen molar-refractivity contribution in [2.75, 3.05) is 67.3 Å². The number of piperidine rings is 1. The molecule has 7 aromatic rings. The summed E-state index contributed by atoms with van der Waals surface area (Å²) in [6.45, 7) is 6.44. The summed E-state index contributed by atoms with van der Waals surface area (Å²) in [6, 6.07) is 27.0. The molecule has 22 heteroatoms. The predicted octanol–water partition coefficient (Wildman–Crippen LogP) is 5.55. The van der Waals surface area contributed by atoms with E-state index in [1.807, 2.05) is 90.3 Å². The summed E-state index contributed by atoms with van der Waals surface area (Å²) in [5, 5.41) is 31.6. The Hall–Kier alpha value is -7.42. The Balaban J connectivity index is 0.701. The lowest BCUT2D eigenvalue weighted by molar-refractivity contribution is -0.126. The van der Waals surface area contributed by atoms with E-state index in [1.165, 1.54) is 22.5 Å². The van der Waals surface area contributed by atoms with Gasteiger partial charge in [-0.3, -0.25) is 19.8 Å². The van der Waals surface area contributed by atoms with Crippen LogP contribution in [0.3, 0.4) is 0 Å². The molecule has 9 rings (SSSR count). The maximum atomic E-state index is 13.8. The maximum Gasteiger partial charge on any atom is 0.303 e. The number of thioether (sulfide) groups is 1. The van der Waals surface area contributed by atoms with Crippen LogP contribution in [-0.2, 0) is 16.1 Å². The number of anilines is 3. The fourth-order valence-corrected chi connectivity index (χ4v) is 9.84. The van der Waals surface area contributed by atoms with Gasteiger partial charge in [0.15, 0.2) is 27.8 Å². The van der Waals surface area contributed by atoms with Gasteiger partial charge in [0, 0.05) is 59.9 Å². The van der Waals surface area contributed by atoms with Crippen LogP contribution < -0.4 is 32.1 Å². The number of nitrogens with two attached hydrogens (primary N) is 1. The number of likely N-dealkylation sites (tertiary alicyclic amines) is 1. The predicted molar refractivity (Wildman–Crippen MR) is 280 cm³/mol. The first kappa shape index (κ1) is 48.6. The molecule has 1 saturated heterocycles. The molecular formula is C49H50N16O3S3. The minimum Gasteiger partial charge on any atom is -0.367 e. The molecule has 0 aliphatic carbocycles. The van der Waals surface area contributed by atoms with Crippen LogP contribution >= 0.6 is 34.4 Å². The summed E-state index contributed by atoms with van der Waals surface area (Å²) in [7, 11) is 0. The van der Waals surface area contributed by atoms with Crippen molar-refractivity contribution in [2.24, 2.45) is 21.9 Å². The Bertz CT molecular complexity index is 3100. The molecule has 3 amide bonds. The number of carbonyl (C=O) groups excluding carboxylic acids is 3. The molecule has 0 spiro atoms. The number of hydrogen-bond donors (Lipinski definition) is 5. The van der Waals surface area contributed by atoms with Gasteiger partial charge in [0.05, 0.1) is 25.0 Å². The lowest BCUT2D eigenvalue weighted by Gasteiger charge is -2.31. The first-order chi connectivity index (χ1) is 34.8. The van der Waals surface area contributed by atoms with Gasteiger partial charge in [-0.25, -0.2) is 24.6 Å². The van der Waals surface area contributed by atoms with Crippen molar-refractivity contribution in [2.45, 2.75) is 37.9 Å². The SMILES string of the molecule is CCCSc1nc(NCCN)c2nnn(Cc3ccc(C#CCNC(=O)C4CCN(CCNC(=O)c5cnc(N/N=C6/C(=O)N(c7nc(-c8ccccc8)cs7)N=C6c6ccccc6)s5)CC4)cc3)c2n1. The highest BCUT2D eigenvalue weighted by Crippen LogP contribution is 2.31. The average molecular weight is 1010 g/mol. The van der Waals surface area contributed by atoms with E-state index >= 15 is 0 Å². The Morgan fingerprint density at radius 1 is 0.944 bits per heavy atom. The number of hydrazone groups is 2. The normalized spacial score (nSPS) is 14.6. The fraction of sp³-hybridized carbons (Fsp3) is 0.286. The van der Waals surface area contributed by atoms with Crippen LogP contribution in [-0.4, -0.2) is 121 Å². The average Bonchev–Trinajstić information content (AvgIpc) is 4.24. The van der Waals surface area contributed by atoms with E-state index in [1.54, 1.807) is 16.4 Å². The van der Waals surface area contributed by atoms with E-state index in [4.69, 9.17) is 10.7 Å². The number of hydrogen-bond acceptors (Lipinski definition) is 18. The molecule has 6 N–H and O–H groups in total. The lowest BCUT2D eigenvalue weighted by atomic mass is 9.96.